The molecule has 1 fully saturated rings. The van der Waals surface area contributed by atoms with E-state index in [9.17, 15) is 0 Å². The highest BCUT2D eigenvalue weighted by molar-refractivity contribution is 5.75. The highest BCUT2D eigenvalue weighted by atomic mass is 15.1. The van der Waals surface area contributed by atoms with E-state index in [1.807, 2.05) is 6.07 Å². The Kier molecular flexibility index (Phi) is 3.76. The fraction of sp³-hybridized carbons (Fsp3) is 0.562. The molecule has 1 aromatic carbocycles. The summed E-state index contributed by atoms with van der Waals surface area (Å²) in [5, 5.41) is 0. The van der Waals surface area contributed by atoms with E-state index in [2.05, 4.69) is 41.8 Å². The van der Waals surface area contributed by atoms with Gasteiger partial charge >= 0.3 is 0 Å². The number of hydrogen-bond donors (Lipinski definition) is 1. The van der Waals surface area contributed by atoms with Crippen molar-refractivity contribution in [2.24, 2.45) is 18.7 Å². The highest BCUT2D eigenvalue weighted by Crippen LogP contribution is 2.32. The van der Waals surface area contributed by atoms with Gasteiger partial charge in [0.05, 0.1) is 11.0 Å². The maximum Gasteiger partial charge on any atom is 0.114 e. The van der Waals surface area contributed by atoms with Crippen molar-refractivity contribution >= 4 is 11.0 Å². The standard InChI is InChI=1S/C16H24N4/c1-19-9-7-12(8-10-19)13(11-17)16-18-14-5-3-4-6-15(14)20(16)2/h3-6,12-13H,7-11,17H2,1-2H3. The molecule has 4 nitrogen and oxygen atoms in total. The number of aryl methyl sites for hydroxylation is 1. The van der Waals surface area contributed by atoms with Gasteiger partial charge in [-0.3, -0.25) is 0 Å². The first-order chi connectivity index (χ1) is 9.70. The van der Waals surface area contributed by atoms with Crippen LogP contribution in [0.4, 0.5) is 0 Å². The van der Waals surface area contributed by atoms with E-state index < -0.39 is 0 Å². The molecule has 0 saturated carbocycles. The molecule has 0 bridgehead atoms. The molecule has 2 N–H and O–H groups in total. The van der Waals surface area contributed by atoms with Crippen LogP contribution in [0.2, 0.25) is 0 Å². The number of para-hydroxylation sites is 2. The fourth-order valence-electron chi connectivity index (χ4n) is 3.44. The van der Waals surface area contributed by atoms with Crippen molar-refractivity contribution in [2.75, 3.05) is 26.7 Å². The number of benzene rings is 1. The fourth-order valence-corrected chi connectivity index (χ4v) is 3.44. The molecule has 1 aliphatic heterocycles. The summed E-state index contributed by atoms with van der Waals surface area (Å²) >= 11 is 0. The summed E-state index contributed by atoms with van der Waals surface area (Å²) in [6.07, 6.45) is 2.45. The maximum atomic E-state index is 6.09. The van der Waals surface area contributed by atoms with Gasteiger partial charge in [-0.05, 0) is 51.0 Å². The molecular weight excluding hydrogens is 248 g/mol. The van der Waals surface area contributed by atoms with E-state index in [-0.39, 0.29) is 0 Å². The topological polar surface area (TPSA) is 47.1 Å². The quantitative estimate of drug-likeness (QED) is 0.929. The highest BCUT2D eigenvalue weighted by Gasteiger charge is 2.28. The van der Waals surface area contributed by atoms with Crippen LogP contribution in [-0.2, 0) is 7.05 Å². The Morgan fingerprint density at radius 1 is 1.25 bits per heavy atom. The molecule has 108 valence electrons. The minimum Gasteiger partial charge on any atom is -0.331 e. The van der Waals surface area contributed by atoms with Crippen LogP contribution in [0.1, 0.15) is 24.6 Å². The largest absolute Gasteiger partial charge is 0.331 e. The SMILES string of the molecule is CN1CCC(C(CN)c2nc3ccccc3n2C)CC1. The van der Waals surface area contributed by atoms with E-state index in [0.717, 1.165) is 11.3 Å². The molecule has 2 aromatic rings. The van der Waals surface area contributed by atoms with Crippen LogP contribution in [0.15, 0.2) is 24.3 Å². The van der Waals surface area contributed by atoms with Gasteiger partial charge in [0, 0.05) is 19.5 Å². The average Bonchev–Trinajstić information content (AvgIpc) is 2.80. The number of hydrogen-bond acceptors (Lipinski definition) is 3. The van der Waals surface area contributed by atoms with Crippen molar-refractivity contribution in [3.63, 3.8) is 0 Å². The Hall–Kier alpha value is -1.39. The first kappa shape index (κ1) is 13.6. The zero-order valence-electron chi connectivity index (χ0n) is 12.4. The summed E-state index contributed by atoms with van der Waals surface area (Å²) < 4.78 is 2.23. The number of piperidine rings is 1. The first-order valence-corrected chi connectivity index (χ1v) is 7.50. The van der Waals surface area contributed by atoms with Gasteiger partial charge in [-0.15, -0.1) is 0 Å². The summed E-state index contributed by atoms with van der Waals surface area (Å²) in [5.41, 5.74) is 8.38. The first-order valence-electron chi connectivity index (χ1n) is 7.50. The maximum absolute atomic E-state index is 6.09. The third-order valence-electron chi connectivity index (χ3n) is 4.74. The van der Waals surface area contributed by atoms with E-state index >= 15 is 0 Å². The second-order valence-electron chi connectivity index (χ2n) is 6.00. The normalized spacial score (nSPS) is 19.6. The predicted molar refractivity (Wildman–Crippen MR) is 82.7 cm³/mol. The van der Waals surface area contributed by atoms with Gasteiger partial charge in [-0.1, -0.05) is 12.1 Å². The van der Waals surface area contributed by atoms with Gasteiger partial charge in [0.15, 0.2) is 0 Å². The Morgan fingerprint density at radius 2 is 1.95 bits per heavy atom. The number of nitrogens with two attached hydrogens (primary N) is 1. The lowest BCUT2D eigenvalue weighted by molar-refractivity contribution is 0.196. The third-order valence-corrected chi connectivity index (χ3v) is 4.74. The summed E-state index contributed by atoms with van der Waals surface area (Å²) in [5.74, 6) is 2.19. The molecular formula is C16H24N4. The molecule has 0 radical (unpaired) electrons. The van der Waals surface area contributed by atoms with Crippen LogP contribution in [-0.4, -0.2) is 41.1 Å². The van der Waals surface area contributed by atoms with Crippen molar-refractivity contribution in [1.29, 1.82) is 0 Å². The monoisotopic (exact) mass is 272 g/mol. The van der Waals surface area contributed by atoms with Crippen molar-refractivity contribution in [3.05, 3.63) is 30.1 Å². The molecule has 1 saturated heterocycles. The van der Waals surface area contributed by atoms with Crippen LogP contribution in [0.3, 0.4) is 0 Å². The van der Waals surface area contributed by atoms with Crippen molar-refractivity contribution in [1.82, 2.24) is 14.5 Å². The van der Waals surface area contributed by atoms with Crippen LogP contribution in [0, 0.1) is 5.92 Å². The zero-order valence-corrected chi connectivity index (χ0v) is 12.4. The van der Waals surface area contributed by atoms with E-state index in [1.165, 1.54) is 31.4 Å². The Bertz CT molecular complexity index is 581. The van der Waals surface area contributed by atoms with Gasteiger partial charge in [0.25, 0.3) is 0 Å². The number of fused-ring (bicyclic) bond motifs is 1. The number of aromatic nitrogens is 2. The summed E-state index contributed by atoms with van der Waals surface area (Å²) in [6.45, 7) is 3.03. The molecule has 2 heterocycles. The molecule has 1 atom stereocenters. The number of rotatable bonds is 3. The third kappa shape index (κ3) is 2.34. The Morgan fingerprint density at radius 3 is 2.60 bits per heavy atom. The van der Waals surface area contributed by atoms with E-state index in [0.29, 0.717) is 18.4 Å². The second-order valence-corrected chi connectivity index (χ2v) is 6.00. The molecule has 20 heavy (non-hydrogen) atoms. The lowest BCUT2D eigenvalue weighted by Gasteiger charge is -2.33. The second kappa shape index (κ2) is 5.54. The average molecular weight is 272 g/mol. The number of nitrogens with zero attached hydrogens (tertiary/aromatic N) is 3. The molecule has 3 rings (SSSR count). The van der Waals surface area contributed by atoms with Crippen LogP contribution in [0.5, 0.6) is 0 Å². The lowest BCUT2D eigenvalue weighted by Crippen LogP contribution is -2.35. The van der Waals surface area contributed by atoms with Gasteiger partial charge in [0.1, 0.15) is 5.82 Å². The van der Waals surface area contributed by atoms with Crippen molar-refractivity contribution < 1.29 is 0 Å². The summed E-state index contributed by atoms with van der Waals surface area (Å²) in [4.78, 5) is 7.25. The van der Waals surface area contributed by atoms with Gasteiger partial charge in [0.2, 0.25) is 0 Å². The van der Waals surface area contributed by atoms with E-state index in [4.69, 9.17) is 10.7 Å². The van der Waals surface area contributed by atoms with Crippen molar-refractivity contribution in [3.8, 4) is 0 Å². The van der Waals surface area contributed by atoms with Crippen LogP contribution in [0.25, 0.3) is 11.0 Å². The molecule has 1 aliphatic rings. The minimum absolute atomic E-state index is 0.376. The molecule has 0 aliphatic carbocycles. The molecule has 1 unspecified atom stereocenters. The zero-order chi connectivity index (χ0) is 14.1. The Labute approximate surface area is 120 Å². The Balaban J connectivity index is 1.93. The molecule has 1 aromatic heterocycles. The lowest BCUT2D eigenvalue weighted by atomic mass is 9.84. The van der Waals surface area contributed by atoms with Crippen LogP contribution < -0.4 is 5.73 Å². The van der Waals surface area contributed by atoms with Gasteiger partial charge < -0.3 is 15.2 Å². The summed E-state index contributed by atoms with van der Waals surface area (Å²) in [7, 11) is 4.31. The number of imidazole rings is 1. The summed E-state index contributed by atoms with van der Waals surface area (Å²) in [6, 6.07) is 8.34. The molecule has 4 heteroatoms. The van der Waals surface area contributed by atoms with E-state index in [1.54, 1.807) is 0 Å². The van der Waals surface area contributed by atoms with Gasteiger partial charge in [-0.2, -0.15) is 0 Å². The predicted octanol–water partition coefficient (Wildman–Crippen LogP) is 1.96. The van der Waals surface area contributed by atoms with Gasteiger partial charge in [-0.25, -0.2) is 4.98 Å². The minimum atomic E-state index is 0.376. The number of likely N-dealkylation sites (tertiary alicyclic amines) is 1. The van der Waals surface area contributed by atoms with Crippen molar-refractivity contribution in [2.45, 2.75) is 18.8 Å². The van der Waals surface area contributed by atoms with Crippen LogP contribution >= 0.6 is 0 Å². The smallest absolute Gasteiger partial charge is 0.114 e. The molecule has 0 spiro atoms. The molecule has 0 amide bonds.